The summed E-state index contributed by atoms with van der Waals surface area (Å²) >= 11 is 1.30. The Morgan fingerprint density at radius 2 is 1.48 bits per heavy atom. The van der Waals surface area contributed by atoms with Gasteiger partial charge in [-0.3, -0.25) is 19.2 Å². The van der Waals surface area contributed by atoms with Crippen LogP contribution in [0.4, 0.5) is 0 Å². The maximum atomic E-state index is 12.6. The van der Waals surface area contributed by atoms with Crippen molar-refractivity contribution >= 4 is 45.1 Å². The summed E-state index contributed by atoms with van der Waals surface area (Å²) in [6.45, 7) is 4.84. The predicted octanol–water partition coefficient (Wildman–Crippen LogP) is 6.48. The maximum Gasteiger partial charge on any atom is 0.306 e. The second-order valence-corrected chi connectivity index (χ2v) is 12.6. The van der Waals surface area contributed by atoms with Crippen molar-refractivity contribution in [2.75, 3.05) is 40.6 Å². The normalized spacial score (nSPS) is 13.8. The van der Waals surface area contributed by atoms with Gasteiger partial charge in [0.2, 0.25) is 0 Å². The second-order valence-electron chi connectivity index (χ2n) is 11.5. The highest BCUT2D eigenvalue weighted by molar-refractivity contribution is 7.20. The summed E-state index contributed by atoms with van der Waals surface area (Å²) in [6, 6.07) is 7.61. The lowest BCUT2D eigenvalue weighted by Crippen LogP contribution is -2.16. The molecule has 0 radical (unpaired) electrons. The highest BCUT2D eigenvalue weighted by Gasteiger charge is 2.23. The van der Waals surface area contributed by atoms with Gasteiger partial charge in [-0.25, -0.2) is 4.98 Å². The van der Waals surface area contributed by atoms with Gasteiger partial charge < -0.3 is 28.4 Å². The van der Waals surface area contributed by atoms with E-state index in [-0.39, 0.29) is 49.8 Å². The molecule has 2 heterocycles. The van der Waals surface area contributed by atoms with Crippen LogP contribution in [0.3, 0.4) is 0 Å². The van der Waals surface area contributed by atoms with Gasteiger partial charge in [0, 0.05) is 31.7 Å². The predicted molar refractivity (Wildman–Crippen MR) is 181 cm³/mol. The molecule has 0 aliphatic heterocycles. The van der Waals surface area contributed by atoms with Crippen molar-refractivity contribution in [3.8, 4) is 23.1 Å². The van der Waals surface area contributed by atoms with E-state index in [1.165, 1.54) is 29.6 Å². The number of esters is 2. The highest BCUT2D eigenvalue weighted by Crippen LogP contribution is 2.37. The zero-order valence-electron chi connectivity index (χ0n) is 28.2. The Bertz CT molecular complexity index is 1580. The zero-order valence-corrected chi connectivity index (χ0v) is 29.0. The molecule has 0 amide bonds. The maximum absolute atomic E-state index is 12.6. The number of nitrogens with zero attached hydrogens (tertiary/aromatic N) is 1. The number of fused-ring (bicyclic) bond motifs is 2. The van der Waals surface area contributed by atoms with Gasteiger partial charge in [-0.1, -0.05) is 0 Å². The third kappa shape index (κ3) is 10.4. The number of methoxy groups -OCH3 is 2. The lowest BCUT2D eigenvalue weighted by Gasteiger charge is -2.26. The smallest absolute Gasteiger partial charge is 0.306 e. The fraction of sp³-hybridized carbons (Fsp3) is 0.528. The lowest BCUT2D eigenvalue weighted by molar-refractivity contribution is -0.144. The van der Waals surface area contributed by atoms with E-state index in [2.05, 4.69) is 4.98 Å². The van der Waals surface area contributed by atoms with Gasteiger partial charge in [-0.15, -0.1) is 11.3 Å². The summed E-state index contributed by atoms with van der Waals surface area (Å²) in [7, 11) is 3.14. The van der Waals surface area contributed by atoms with Crippen molar-refractivity contribution in [2.45, 2.75) is 78.1 Å². The van der Waals surface area contributed by atoms with E-state index in [0.717, 1.165) is 30.4 Å². The van der Waals surface area contributed by atoms with Crippen LogP contribution in [0, 0.1) is 5.92 Å². The molecule has 3 aromatic rings. The quantitative estimate of drug-likeness (QED) is 0.0735. The van der Waals surface area contributed by atoms with Gasteiger partial charge in [0.15, 0.2) is 23.0 Å². The van der Waals surface area contributed by atoms with Crippen molar-refractivity contribution < 1.29 is 47.6 Å². The number of thiophene rings is 1. The molecular weight excluding hydrogens is 638 g/mol. The molecule has 0 fully saturated rings. The van der Waals surface area contributed by atoms with Crippen molar-refractivity contribution in [1.29, 1.82) is 0 Å². The number of carbonyl (C=O) groups excluding carboxylic acids is 4. The Balaban J connectivity index is 1.28. The number of pyridine rings is 1. The van der Waals surface area contributed by atoms with Crippen LogP contribution in [0.25, 0.3) is 10.2 Å². The molecule has 260 valence electrons. The van der Waals surface area contributed by atoms with Crippen molar-refractivity contribution in [3.05, 3.63) is 40.3 Å². The molecule has 12 heteroatoms. The molecule has 4 rings (SSSR count). The number of hydrogen-bond donors (Lipinski definition) is 0. The summed E-state index contributed by atoms with van der Waals surface area (Å²) in [5.74, 6) is 1.77. The van der Waals surface area contributed by atoms with E-state index in [9.17, 15) is 19.2 Å². The van der Waals surface area contributed by atoms with Gasteiger partial charge in [0.05, 0.1) is 68.6 Å². The summed E-state index contributed by atoms with van der Waals surface area (Å²) in [5.41, 5.74) is 3.06. The summed E-state index contributed by atoms with van der Waals surface area (Å²) in [4.78, 5) is 53.2. The Morgan fingerprint density at radius 1 is 0.792 bits per heavy atom. The van der Waals surface area contributed by atoms with Gasteiger partial charge in [-0.2, -0.15) is 0 Å². The minimum Gasteiger partial charge on any atom is -0.493 e. The molecule has 48 heavy (non-hydrogen) atoms. The van der Waals surface area contributed by atoms with E-state index in [4.69, 9.17) is 28.4 Å². The summed E-state index contributed by atoms with van der Waals surface area (Å²) < 4.78 is 33.8. The SMILES string of the molecule is CCOC(=O)CCC(=O)CCC1CCc2cc(OC)c(OCCCOc3cc4sc(C(=O)CCC(=O)OCC)cc4nc3OC)cc2C1. The fourth-order valence-corrected chi connectivity index (χ4v) is 6.64. The third-order valence-electron chi connectivity index (χ3n) is 8.13. The highest BCUT2D eigenvalue weighted by atomic mass is 32.1. The molecule has 1 aromatic carbocycles. The first-order valence-corrected chi connectivity index (χ1v) is 17.4. The van der Waals surface area contributed by atoms with E-state index >= 15 is 0 Å². The Labute approximate surface area is 285 Å². The fourth-order valence-electron chi connectivity index (χ4n) is 5.64. The Morgan fingerprint density at radius 3 is 2.17 bits per heavy atom. The van der Waals surface area contributed by atoms with Crippen LogP contribution in [-0.2, 0) is 36.7 Å². The average Bonchev–Trinajstić information content (AvgIpc) is 3.51. The number of aryl methyl sites for hydroxylation is 1. The van der Waals surface area contributed by atoms with E-state index in [0.29, 0.717) is 72.1 Å². The number of Topliss-reactive ketones (excluding diaryl/α,β-unsaturated/α-hetero) is 2. The summed E-state index contributed by atoms with van der Waals surface area (Å²) in [5, 5.41) is 0. The van der Waals surface area contributed by atoms with Crippen molar-refractivity contribution in [2.24, 2.45) is 5.92 Å². The monoisotopic (exact) mass is 683 g/mol. The third-order valence-corrected chi connectivity index (χ3v) is 9.24. The Kier molecular flexibility index (Phi) is 14.0. The van der Waals surface area contributed by atoms with Gasteiger partial charge >= 0.3 is 11.9 Å². The molecule has 1 unspecified atom stereocenters. The first-order valence-electron chi connectivity index (χ1n) is 16.5. The van der Waals surface area contributed by atoms with Crippen LogP contribution < -0.4 is 18.9 Å². The number of rotatable bonds is 20. The van der Waals surface area contributed by atoms with Crippen LogP contribution in [0.5, 0.6) is 23.1 Å². The van der Waals surface area contributed by atoms with E-state index < -0.39 is 5.97 Å². The molecule has 1 aliphatic rings. The lowest BCUT2D eigenvalue weighted by atomic mass is 9.81. The van der Waals surface area contributed by atoms with Crippen LogP contribution >= 0.6 is 11.3 Å². The minimum atomic E-state index is -0.393. The van der Waals surface area contributed by atoms with Gasteiger partial charge in [0.1, 0.15) is 5.78 Å². The standard InChI is InChI=1S/C36H45NO10S/c1-5-44-34(40)14-12-26(38)11-9-23-8-10-24-19-29(42-3)30(20-25(24)18-23)46-16-7-17-47-31-22-32-27(37-36(31)43-4)21-33(48-32)28(39)13-15-35(41)45-6-2/h19-23H,5-18H2,1-4H3. The molecule has 2 aromatic heterocycles. The summed E-state index contributed by atoms with van der Waals surface area (Å²) in [6.07, 6.45) is 5.10. The molecule has 1 atom stereocenters. The molecule has 0 N–H and O–H groups in total. The number of carbonyl (C=O) groups is 4. The molecule has 0 saturated carbocycles. The molecule has 1 aliphatic carbocycles. The number of benzene rings is 1. The molecule has 11 nitrogen and oxygen atoms in total. The van der Waals surface area contributed by atoms with Gasteiger partial charge in [-0.05, 0) is 74.8 Å². The van der Waals surface area contributed by atoms with Crippen LogP contribution in [0.15, 0.2) is 24.3 Å². The minimum absolute atomic E-state index is 0.0367. The number of hydrogen-bond acceptors (Lipinski definition) is 12. The Hall–Kier alpha value is -4.19. The molecular formula is C36H45NO10S. The number of ether oxygens (including phenoxy) is 6. The first-order chi connectivity index (χ1) is 23.2. The molecule has 0 spiro atoms. The topological polar surface area (TPSA) is 137 Å². The van der Waals surface area contributed by atoms with Crippen molar-refractivity contribution in [1.82, 2.24) is 4.98 Å². The van der Waals surface area contributed by atoms with Crippen LogP contribution in [0.2, 0.25) is 0 Å². The first kappa shape index (κ1) is 36.6. The number of ketones is 2. The zero-order chi connectivity index (χ0) is 34.5. The van der Waals surface area contributed by atoms with E-state index in [1.807, 2.05) is 18.2 Å². The second kappa shape index (κ2) is 18.4. The van der Waals surface area contributed by atoms with Crippen LogP contribution in [0.1, 0.15) is 86.0 Å². The largest absolute Gasteiger partial charge is 0.493 e. The molecule has 0 bridgehead atoms. The number of aromatic nitrogens is 1. The van der Waals surface area contributed by atoms with Gasteiger partial charge in [0.25, 0.3) is 5.88 Å². The van der Waals surface area contributed by atoms with Crippen LogP contribution in [-0.4, -0.2) is 69.1 Å². The van der Waals surface area contributed by atoms with Crippen molar-refractivity contribution in [3.63, 3.8) is 0 Å². The van der Waals surface area contributed by atoms with E-state index in [1.54, 1.807) is 27.0 Å². The average molecular weight is 684 g/mol. The molecule has 0 saturated heterocycles.